The summed E-state index contributed by atoms with van der Waals surface area (Å²) in [6.45, 7) is 0. The fraction of sp³-hybridized carbons (Fsp3) is 0. The second kappa shape index (κ2) is 5.85. The Labute approximate surface area is 132 Å². The van der Waals surface area contributed by atoms with E-state index in [1.54, 1.807) is 48.5 Å². The molecule has 0 fully saturated rings. The molecule has 0 saturated heterocycles. The van der Waals surface area contributed by atoms with Gasteiger partial charge in [0.25, 0.3) is 0 Å². The molecule has 4 heteroatoms. The van der Waals surface area contributed by atoms with E-state index in [1.807, 2.05) is 6.07 Å². The smallest absolute Gasteiger partial charge is 0.335 e. The van der Waals surface area contributed by atoms with Crippen LogP contribution in [0, 0.1) is 0 Å². The average Bonchev–Trinajstić information content (AvgIpc) is 2.56. The van der Waals surface area contributed by atoms with Crippen molar-refractivity contribution in [2.75, 3.05) is 0 Å². The molecular weight excluding hydrogens is 292 g/mol. The molecule has 0 spiro atoms. The number of phenols is 2. The summed E-state index contributed by atoms with van der Waals surface area (Å²) < 4.78 is 0. The number of para-hydroxylation sites is 1. The summed E-state index contributed by atoms with van der Waals surface area (Å²) in [5.74, 6) is -0.878. The predicted molar refractivity (Wildman–Crippen MR) is 87.6 cm³/mol. The zero-order valence-electron chi connectivity index (χ0n) is 12.1. The Morgan fingerprint density at radius 3 is 1.96 bits per heavy atom. The molecule has 0 aliphatic rings. The second-order valence-corrected chi connectivity index (χ2v) is 5.10. The van der Waals surface area contributed by atoms with Crippen LogP contribution < -0.4 is 0 Å². The van der Waals surface area contributed by atoms with E-state index in [0.717, 1.165) is 5.56 Å². The quantitative estimate of drug-likeness (QED) is 0.680. The molecule has 0 bridgehead atoms. The summed E-state index contributed by atoms with van der Waals surface area (Å²) in [7, 11) is 0. The lowest BCUT2D eigenvalue weighted by molar-refractivity contribution is 0.0697. The minimum atomic E-state index is -0.992. The van der Waals surface area contributed by atoms with Crippen molar-refractivity contribution in [2.45, 2.75) is 0 Å². The summed E-state index contributed by atoms with van der Waals surface area (Å²) in [6, 6.07) is 18.2. The average molecular weight is 306 g/mol. The highest BCUT2D eigenvalue weighted by atomic mass is 16.4. The van der Waals surface area contributed by atoms with Crippen molar-refractivity contribution in [1.29, 1.82) is 0 Å². The van der Waals surface area contributed by atoms with Gasteiger partial charge in [-0.05, 0) is 35.4 Å². The molecule has 0 radical (unpaired) electrons. The van der Waals surface area contributed by atoms with E-state index in [9.17, 15) is 15.0 Å². The molecule has 114 valence electrons. The SMILES string of the molecule is O=C(O)c1ccc(-c2cccc(O)c2-c2ccccc2O)cc1. The van der Waals surface area contributed by atoms with Crippen molar-refractivity contribution < 1.29 is 20.1 Å². The lowest BCUT2D eigenvalue weighted by Crippen LogP contribution is -1.95. The molecule has 3 N–H and O–H groups in total. The van der Waals surface area contributed by atoms with Gasteiger partial charge in [0.1, 0.15) is 11.5 Å². The Bertz CT molecular complexity index is 867. The number of hydrogen-bond donors (Lipinski definition) is 3. The molecule has 3 aromatic carbocycles. The first kappa shape index (κ1) is 14.7. The maximum absolute atomic E-state index is 11.0. The van der Waals surface area contributed by atoms with Crippen LogP contribution in [0.25, 0.3) is 22.3 Å². The third-order valence-electron chi connectivity index (χ3n) is 3.66. The van der Waals surface area contributed by atoms with E-state index in [1.165, 1.54) is 12.1 Å². The van der Waals surface area contributed by atoms with Crippen LogP contribution in [0.2, 0.25) is 0 Å². The first-order valence-electron chi connectivity index (χ1n) is 7.02. The summed E-state index contributed by atoms with van der Waals surface area (Å²) >= 11 is 0. The predicted octanol–water partition coefficient (Wildman–Crippen LogP) is 4.13. The van der Waals surface area contributed by atoms with E-state index in [4.69, 9.17) is 5.11 Å². The first-order valence-corrected chi connectivity index (χ1v) is 7.02. The lowest BCUT2D eigenvalue weighted by atomic mass is 9.93. The Kier molecular flexibility index (Phi) is 3.73. The summed E-state index contributed by atoms with van der Waals surface area (Å²) in [6.07, 6.45) is 0. The van der Waals surface area contributed by atoms with Crippen molar-refractivity contribution in [3.63, 3.8) is 0 Å². The van der Waals surface area contributed by atoms with Crippen LogP contribution in [0.5, 0.6) is 11.5 Å². The van der Waals surface area contributed by atoms with Gasteiger partial charge in [-0.15, -0.1) is 0 Å². The molecule has 0 aliphatic heterocycles. The van der Waals surface area contributed by atoms with Crippen molar-refractivity contribution in [1.82, 2.24) is 0 Å². The summed E-state index contributed by atoms with van der Waals surface area (Å²) in [5.41, 5.74) is 2.68. The Morgan fingerprint density at radius 2 is 1.30 bits per heavy atom. The number of phenolic OH excluding ortho intramolecular Hbond substituents is 2. The van der Waals surface area contributed by atoms with Gasteiger partial charge in [0.05, 0.1) is 5.56 Å². The molecular formula is C19H14O4. The standard InChI is InChI=1S/C19H14O4/c20-16-6-2-1-4-15(16)18-14(5-3-7-17(18)21)12-8-10-13(11-9-12)19(22)23/h1-11,20-21H,(H,22,23). The van der Waals surface area contributed by atoms with Crippen LogP contribution in [0.4, 0.5) is 0 Å². The van der Waals surface area contributed by atoms with Crippen LogP contribution in [-0.4, -0.2) is 21.3 Å². The number of aromatic hydroxyl groups is 2. The highest BCUT2D eigenvalue weighted by Crippen LogP contribution is 2.42. The van der Waals surface area contributed by atoms with E-state index < -0.39 is 5.97 Å². The fourth-order valence-corrected chi connectivity index (χ4v) is 2.54. The molecule has 0 amide bonds. The fourth-order valence-electron chi connectivity index (χ4n) is 2.54. The number of carboxylic acids is 1. The topological polar surface area (TPSA) is 77.8 Å². The second-order valence-electron chi connectivity index (χ2n) is 5.10. The zero-order valence-corrected chi connectivity index (χ0v) is 12.1. The molecule has 0 saturated carbocycles. The number of rotatable bonds is 3. The lowest BCUT2D eigenvalue weighted by Gasteiger charge is -2.13. The molecule has 23 heavy (non-hydrogen) atoms. The number of aromatic carboxylic acids is 1. The number of benzene rings is 3. The van der Waals surface area contributed by atoms with Gasteiger partial charge in [-0.25, -0.2) is 4.79 Å². The Morgan fingerprint density at radius 1 is 0.696 bits per heavy atom. The van der Waals surface area contributed by atoms with Crippen molar-refractivity contribution in [2.24, 2.45) is 0 Å². The molecule has 3 aromatic rings. The highest BCUT2D eigenvalue weighted by Gasteiger charge is 2.15. The van der Waals surface area contributed by atoms with Crippen molar-refractivity contribution >= 4 is 5.97 Å². The van der Waals surface area contributed by atoms with Gasteiger partial charge in [-0.2, -0.15) is 0 Å². The summed E-state index contributed by atoms with van der Waals surface area (Å²) in [5, 5.41) is 29.3. The maximum atomic E-state index is 11.0. The van der Waals surface area contributed by atoms with E-state index >= 15 is 0 Å². The molecule has 0 unspecified atom stereocenters. The summed E-state index contributed by atoms with van der Waals surface area (Å²) in [4.78, 5) is 11.0. The van der Waals surface area contributed by atoms with Gasteiger partial charge in [-0.1, -0.05) is 42.5 Å². The normalized spacial score (nSPS) is 10.4. The van der Waals surface area contributed by atoms with E-state index in [-0.39, 0.29) is 17.1 Å². The van der Waals surface area contributed by atoms with Gasteiger partial charge in [0, 0.05) is 11.1 Å². The largest absolute Gasteiger partial charge is 0.507 e. The van der Waals surface area contributed by atoms with Crippen LogP contribution in [0.15, 0.2) is 66.7 Å². The van der Waals surface area contributed by atoms with E-state index in [2.05, 4.69) is 0 Å². The highest BCUT2D eigenvalue weighted by molar-refractivity contribution is 5.92. The van der Waals surface area contributed by atoms with Gasteiger partial charge in [0.2, 0.25) is 0 Å². The number of carboxylic acid groups (broad SMARTS) is 1. The third kappa shape index (κ3) is 2.74. The first-order chi connectivity index (χ1) is 11.1. The van der Waals surface area contributed by atoms with Gasteiger partial charge in [-0.3, -0.25) is 0 Å². The molecule has 0 aliphatic carbocycles. The monoisotopic (exact) mass is 306 g/mol. The minimum absolute atomic E-state index is 0.0475. The number of carbonyl (C=O) groups is 1. The van der Waals surface area contributed by atoms with Crippen molar-refractivity contribution in [3.05, 3.63) is 72.3 Å². The van der Waals surface area contributed by atoms with Crippen LogP contribution in [0.1, 0.15) is 10.4 Å². The Balaban J connectivity index is 2.19. The van der Waals surface area contributed by atoms with Crippen LogP contribution in [0.3, 0.4) is 0 Å². The van der Waals surface area contributed by atoms with E-state index in [0.29, 0.717) is 16.7 Å². The zero-order chi connectivity index (χ0) is 16.4. The number of hydrogen-bond acceptors (Lipinski definition) is 3. The molecule has 0 atom stereocenters. The molecule has 0 aromatic heterocycles. The molecule has 3 rings (SSSR count). The minimum Gasteiger partial charge on any atom is -0.507 e. The maximum Gasteiger partial charge on any atom is 0.335 e. The molecule has 4 nitrogen and oxygen atoms in total. The van der Waals surface area contributed by atoms with Crippen molar-refractivity contribution in [3.8, 4) is 33.8 Å². The van der Waals surface area contributed by atoms with Gasteiger partial charge >= 0.3 is 5.97 Å². The molecule has 0 heterocycles. The van der Waals surface area contributed by atoms with Gasteiger partial charge in [0.15, 0.2) is 0 Å². The van der Waals surface area contributed by atoms with Crippen LogP contribution >= 0.6 is 0 Å². The van der Waals surface area contributed by atoms with Crippen LogP contribution in [-0.2, 0) is 0 Å². The Hall–Kier alpha value is -3.27. The third-order valence-corrected chi connectivity index (χ3v) is 3.66. The van der Waals surface area contributed by atoms with Gasteiger partial charge < -0.3 is 15.3 Å².